The molecule has 0 N–H and O–H groups in total. The van der Waals surface area contributed by atoms with E-state index in [-0.39, 0.29) is 6.15 Å². The maximum absolute atomic E-state index is 8.12. The minimum atomic E-state index is 0.250. The fourth-order valence-electron chi connectivity index (χ4n) is 0. The van der Waals surface area contributed by atoms with E-state index in [0.717, 1.165) is 0 Å². The molecule has 0 fully saturated rings. The lowest BCUT2D eigenvalue weighted by atomic mass is 11.8. The van der Waals surface area contributed by atoms with Gasteiger partial charge in [0, 0.05) is 0 Å². The second-order valence-electron chi connectivity index (χ2n) is 0.0833. The van der Waals surface area contributed by atoms with E-state index < -0.39 is 0 Å². The van der Waals surface area contributed by atoms with Gasteiger partial charge in [0.2, 0.25) is 0 Å². The van der Waals surface area contributed by atoms with Crippen LogP contribution in [0.2, 0.25) is 0 Å². The summed E-state index contributed by atoms with van der Waals surface area (Å²) < 4.78 is 0. The normalized spacial score (nSPS) is 2.29. The first-order chi connectivity index (χ1) is 3.41. The van der Waals surface area contributed by atoms with Gasteiger partial charge in [0.1, 0.15) is 13.6 Å². The average Bonchev–Trinajstić information content (AvgIpc) is 1.78. The van der Waals surface area contributed by atoms with Crippen LogP contribution in [-0.4, -0.2) is 19.7 Å². The molecule has 0 radical (unpaired) electrons. The van der Waals surface area contributed by atoms with E-state index in [1.807, 2.05) is 13.6 Å². The predicted molar refractivity (Wildman–Crippen MR) is 19.2 cm³/mol. The Morgan fingerprint density at radius 2 is 0.857 bits per heavy atom. The van der Waals surface area contributed by atoms with Crippen LogP contribution in [0.25, 0.3) is 0 Å². The van der Waals surface area contributed by atoms with Crippen LogP contribution in [0.3, 0.4) is 0 Å². The highest BCUT2D eigenvalue weighted by Crippen LogP contribution is 0.787. The third kappa shape index (κ3) is 21.3. The van der Waals surface area contributed by atoms with Crippen LogP contribution in [0.1, 0.15) is 0 Å². The second-order valence-corrected chi connectivity index (χ2v) is 0.0833. The van der Waals surface area contributed by atoms with E-state index in [1.165, 1.54) is 0 Å². The molecule has 0 aromatic carbocycles. The Labute approximate surface area is 40.1 Å². The SMILES string of the molecule is C=O.C=O.O=C=O. The number of rotatable bonds is 0. The Balaban J connectivity index is -0.0000000360. The zero-order chi connectivity index (χ0) is 6.71. The molecule has 0 bridgehead atoms. The Morgan fingerprint density at radius 3 is 0.857 bits per heavy atom. The lowest BCUT2D eigenvalue weighted by Crippen LogP contribution is -1.22. The Kier molecular flexibility index (Phi) is 2050. The van der Waals surface area contributed by atoms with Gasteiger partial charge < -0.3 is 9.59 Å². The van der Waals surface area contributed by atoms with Crippen LogP contribution >= 0.6 is 0 Å². The van der Waals surface area contributed by atoms with Gasteiger partial charge in [0.15, 0.2) is 0 Å². The van der Waals surface area contributed by atoms with Crippen molar-refractivity contribution >= 4 is 19.7 Å². The van der Waals surface area contributed by atoms with Gasteiger partial charge in [-0.15, -0.1) is 0 Å². The smallest absolute Gasteiger partial charge is 0.307 e. The molecule has 0 aliphatic rings. The molecule has 0 spiro atoms. The number of hydrogen-bond acceptors (Lipinski definition) is 4. The van der Waals surface area contributed by atoms with Crippen molar-refractivity contribution in [1.82, 2.24) is 0 Å². The van der Waals surface area contributed by atoms with Gasteiger partial charge >= 0.3 is 6.15 Å². The van der Waals surface area contributed by atoms with Crippen LogP contribution in [0.5, 0.6) is 0 Å². The highest BCUT2D eigenvalue weighted by Gasteiger charge is 1.13. The third-order valence-electron chi connectivity index (χ3n) is 0. The standard InChI is InChI=1S/CO2.2CH2O/c2-1-3;2*1-2/h;2*1H2. The zero-order valence-corrected chi connectivity index (χ0v) is 3.55. The average molecular weight is 104 g/mol. The summed E-state index contributed by atoms with van der Waals surface area (Å²) >= 11 is 0. The summed E-state index contributed by atoms with van der Waals surface area (Å²) in [5.74, 6) is 0. The van der Waals surface area contributed by atoms with Gasteiger partial charge in [-0.2, -0.15) is 9.59 Å². The molecule has 0 aromatic heterocycles. The van der Waals surface area contributed by atoms with E-state index in [0.29, 0.717) is 0 Å². The predicted octanol–water partition coefficient (Wildman–Crippen LogP) is -0.953. The Morgan fingerprint density at radius 1 is 0.857 bits per heavy atom. The van der Waals surface area contributed by atoms with Crippen molar-refractivity contribution in [3.63, 3.8) is 0 Å². The summed E-state index contributed by atoms with van der Waals surface area (Å²) in [5, 5.41) is 0. The Bertz CT molecular complexity index is 42.9. The largest absolute Gasteiger partial charge is 0.373 e. The summed E-state index contributed by atoms with van der Waals surface area (Å²) in [7, 11) is 0. The molecule has 0 atom stereocenters. The van der Waals surface area contributed by atoms with Gasteiger partial charge in [0.05, 0.1) is 0 Å². The monoisotopic (exact) mass is 104 g/mol. The van der Waals surface area contributed by atoms with Crippen molar-refractivity contribution in [3.05, 3.63) is 0 Å². The summed E-state index contributed by atoms with van der Waals surface area (Å²) in [6.45, 7) is 4.00. The maximum Gasteiger partial charge on any atom is 0.373 e. The summed E-state index contributed by atoms with van der Waals surface area (Å²) in [4.78, 5) is 32.2. The van der Waals surface area contributed by atoms with Gasteiger partial charge in [0.25, 0.3) is 0 Å². The summed E-state index contributed by atoms with van der Waals surface area (Å²) in [6, 6.07) is 0. The van der Waals surface area contributed by atoms with E-state index in [2.05, 4.69) is 0 Å². The zero-order valence-electron chi connectivity index (χ0n) is 3.55. The van der Waals surface area contributed by atoms with Gasteiger partial charge in [-0.05, 0) is 0 Å². The van der Waals surface area contributed by atoms with Gasteiger partial charge in [-0.25, -0.2) is 0 Å². The highest BCUT2D eigenvalue weighted by atomic mass is 16.2. The fraction of sp³-hybridized carbons (Fsp3) is 0. The molecule has 0 heterocycles. The first kappa shape index (κ1) is 17.2. The number of hydrogen-bond donors (Lipinski definition) is 0. The van der Waals surface area contributed by atoms with Gasteiger partial charge in [-0.1, -0.05) is 0 Å². The molecular formula is C3H4O4. The first-order valence-corrected chi connectivity index (χ1v) is 0.986. The maximum atomic E-state index is 8.12. The molecule has 0 aromatic rings. The van der Waals surface area contributed by atoms with Crippen molar-refractivity contribution in [3.8, 4) is 0 Å². The molecule has 0 amide bonds. The third-order valence-corrected chi connectivity index (χ3v) is 0. The molecule has 7 heavy (non-hydrogen) atoms. The van der Waals surface area contributed by atoms with Gasteiger partial charge in [-0.3, -0.25) is 0 Å². The Hall–Kier alpha value is -1.28. The molecule has 0 unspecified atom stereocenters. The van der Waals surface area contributed by atoms with E-state index in [1.54, 1.807) is 0 Å². The van der Waals surface area contributed by atoms with Crippen LogP contribution in [0, 0.1) is 0 Å². The lowest BCUT2D eigenvalue weighted by molar-refractivity contribution is -0.191. The molecule has 0 rings (SSSR count). The van der Waals surface area contributed by atoms with Crippen molar-refractivity contribution in [2.45, 2.75) is 0 Å². The molecule has 40 valence electrons. The van der Waals surface area contributed by atoms with Crippen LogP contribution in [-0.2, 0) is 19.2 Å². The van der Waals surface area contributed by atoms with Crippen molar-refractivity contribution in [2.75, 3.05) is 0 Å². The van der Waals surface area contributed by atoms with E-state index in [4.69, 9.17) is 19.2 Å². The van der Waals surface area contributed by atoms with E-state index in [9.17, 15) is 0 Å². The highest BCUT2D eigenvalue weighted by molar-refractivity contribution is 5.20. The van der Waals surface area contributed by atoms with E-state index >= 15 is 0 Å². The van der Waals surface area contributed by atoms with Crippen LogP contribution in [0.15, 0.2) is 0 Å². The molecular weight excluding hydrogens is 100 g/mol. The molecule has 0 saturated heterocycles. The molecule has 4 nitrogen and oxygen atoms in total. The number of carbonyl (C=O) groups excluding carboxylic acids is 4. The lowest BCUT2D eigenvalue weighted by Gasteiger charge is -0.945. The first-order valence-electron chi connectivity index (χ1n) is 0.986. The van der Waals surface area contributed by atoms with Crippen molar-refractivity contribution < 1.29 is 19.2 Å². The van der Waals surface area contributed by atoms with Crippen LogP contribution < -0.4 is 0 Å². The molecule has 4 heteroatoms. The summed E-state index contributed by atoms with van der Waals surface area (Å²) in [6.07, 6.45) is 0.250. The minimum Gasteiger partial charge on any atom is -0.307 e. The van der Waals surface area contributed by atoms with Crippen molar-refractivity contribution in [1.29, 1.82) is 0 Å². The topological polar surface area (TPSA) is 68.3 Å². The fourth-order valence-corrected chi connectivity index (χ4v) is 0. The quantitative estimate of drug-likeness (QED) is 0.397. The van der Waals surface area contributed by atoms with Crippen molar-refractivity contribution in [2.24, 2.45) is 0 Å². The molecule has 0 aliphatic carbocycles. The molecule has 0 aliphatic heterocycles. The summed E-state index contributed by atoms with van der Waals surface area (Å²) in [5.41, 5.74) is 0. The molecule has 0 saturated carbocycles. The minimum absolute atomic E-state index is 0.250. The van der Waals surface area contributed by atoms with Crippen LogP contribution in [0.4, 0.5) is 0 Å². The second kappa shape index (κ2) is 833. The number of carbonyl (C=O) groups is 2.